The van der Waals surface area contributed by atoms with Crippen molar-refractivity contribution in [3.8, 4) is 0 Å². The van der Waals surface area contributed by atoms with Crippen LogP contribution in [0.3, 0.4) is 0 Å². The van der Waals surface area contributed by atoms with E-state index in [1.807, 2.05) is 35.6 Å². The van der Waals surface area contributed by atoms with Crippen LogP contribution in [0.2, 0.25) is 0 Å². The summed E-state index contributed by atoms with van der Waals surface area (Å²) in [6.07, 6.45) is 1.61. The first-order chi connectivity index (χ1) is 9.68. The fourth-order valence-corrected chi connectivity index (χ4v) is 2.71. The maximum absolute atomic E-state index is 12.7. The highest BCUT2D eigenvalue weighted by molar-refractivity contribution is 6.05. The molecular weight excluding hydrogens is 254 g/mol. The van der Waals surface area contributed by atoms with Crippen molar-refractivity contribution in [2.24, 2.45) is 7.05 Å². The number of rotatable bonds is 0. The minimum atomic E-state index is -0.0813. The zero-order chi connectivity index (χ0) is 13.9. The molecule has 0 aliphatic carbocycles. The first kappa shape index (κ1) is 11.1. The molecule has 0 saturated heterocycles. The molecule has 0 amide bonds. The molecule has 6 nitrogen and oxygen atoms in total. The Labute approximate surface area is 113 Å². The molecule has 0 radical (unpaired) electrons. The van der Waals surface area contributed by atoms with Crippen molar-refractivity contribution in [2.45, 2.75) is 6.92 Å². The SMILES string of the molecule is Cc1nc2ccccc2c2c(=O)n(C)c3nncn3c12. The van der Waals surface area contributed by atoms with Gasteiger partial charge in [0.2, 0.25) is 5.78 Å². The van der Waals surface area contributed by atoms with Gasteiger partial charge in [0.05, 0.1) is 22.1 Å². The van der Waals surface area contributed by atoms with Crippen LogP contribution in [-0.4, -0.2) is 24.1 Å². The third-order valence-electron chi connectivity index (χ3n) is 3.63. The lowest BCUT2D eigenvalue weighted by molar-refractivity contribution is 0.858. The first-order valence-electron chi connectivity index (χ1n) is 6.26. The van der Waals surface area contributed by atoms with Crippen molar-refractivity contribution in [3.05, 3.63) is 46.6 Å². The van der Waals surface area contributed by atoms with Crippen LogP contribution in [0.1, 0.15) is 5.69 Å². The molecular formula is C14H11N5O. The van der Waals surface area contributed by atoms with Crippen LogP contribution in [0, 0.1) is 6.92 Å². The second-order valence-corrected chi connectivity index (χ2v) is 4.80. The molecule has 0 aliphatic heterocycles. The van der Waals surface area contributed by atoms with Gasteiger partial charge in [-0.1, -0.05) is 18.2 Å². The molecule has 4 aromatic rings. The predicted octanol–water partition coefficient (Wildman–Crippen LogP) is 1.44. The van der Waals surface area contributed by atoms with Crippen LogP contribution in [-0.2, 0) is 7.05 Å². The molecule has 6 heteroatoms. The Morgan fingerprint density at radius 3 is 2.85 bits per heavy atom. The number of pyridine rings is 1. The van der Waals surface area contributed by atoms with E-state index in [1.165, 1.54) is 4.57 Å². The van der Waals surface area contributed by atoms with Crippen molar-refractivity contribution < 1.29 is 0 Å². The van der Waals surface area contributed by atoms with Crippen molar-refractivity contribution in [2.75, 3.05) is 0 Å². The number of aryl methyl sites for hydroxylation is 2. The van der Waals surface area contributed by atoms with Gasteiger partial charge in [0.15, 0.2) is 0 Å². The Morgan fingerprint density at radius 1 is 1.20 bits per heavy atom. The van der Waals surface area contributed by atoms with E-state index in [-0.39, 0.29) is 5.56 Å². The number of nitrogens with zero attached hydrogens (tertiary/aromatic N) is 5. The fourth-order valence-electron chi connectivity index (χ4n) is 2.71. The summed E-state index contributed by atoms with van der Waals surface area (Å²) in [5.41, 5.74) is 2.30. The van der Waals surface area contributed by atoms with Crippen LogP contribution in [0.5, 0.6) is 0 Å². The monoisotopic (exact) mass is 265 g/mol. The maximum atomic E-state index is 12.7. The second kappa shape index (κ2) is 3.63. The normalized spacial score (nSPS) is 11.7. The Kier molecular flexibility index (Phi) is 2.01. The number of para-hydroxylation sites is 1. The van der Waals surface area contributed by atoms with Crippen molar-refractivity contribution >= 4 is 27.6 Å². The van der Waals surface area contributed by atoms with Crippen molar-refractivity contribution in [3.63, 3.8) is 0 Å². The standard InChI is InChI=1S/C14H11N5O/c1-8-12-11(9-5-3-4-6-10(9)16-8)13(20)18(2)14-17-15-7-19(12)14/h3-7H,1-2H3. The van der Waals surface area contributed by atoms with Gasteiger partial charge in [-0.15, -0.1) is 10.2 Å². The van der Waals surface area contributed by atoms with E-state index in [0.29, 0.717) is 11.2 Å². The maximum Gasteiger partial charge on any atom is 0.263 e. The summed E-state index contributed by atoms with van der Waals surface area (Å²) in [6.45, 7) is 1.90. The van der Waals surface area contributed by atoms with E-state index in [1.54, 1.807) is 13.4 Å². The summed E-state index contributed by atoms with van der Waals surface area (Å²) in [5, 5.41) is 9.41. The van der Waals surface area contributed by atoms with Crippen molar-refractivity contribution in [1.82, 2.24) is 24.1 Å². The van der Waals surface area contributed by atoms with Gasteiger partial charge in [-0.2, -0.15) is 0 Å². The molecule has 1 aromatic carbocycles. The topological polar surface area (TPSA) is 65.1 Å². The summed E-state index contributed by atoms with van der Waals surface area (Å²) < 4.78 is 3.33. The van der Waals surface area contributed by atoms with Gasteiger partial charge in [0, 0.05) is 12.4 Å². The summed E-state index contributed by atoms with van der Waals surface area (Å²) in [6, 6.07) is 7.66. The highest BCUT2D eigenvalue weighted by Gasteiger charge is 2.15. The van der Waals surface area contributed by atoms with Crippen LogP contribution < -0.4 is 5.56 Å². The summed E-state index contributed by atoms with van der Waals surface area (Å²) in [4.78, 5) is 17.2. The Hall–Kier alpha value is -2.76. The Morgan fingerprint density at radius 2 is 2.00 bits per heavy atom. The second-order valence-electron chi connectivity index (χ2n) is 4.80. The molecule has 0 fully saturated rings. The summed E-state index contributed by atoms with van der Waals surface area (Å²) >= 11 is 0. The minimum Gasteiger partial charge on any atom is -0.279 e. The van der Waals surface area contributed by atoms with Crippen LogP contribution in [0.25, 0.3) is 27.6 Å². The van der Waals surface area contributed by atoms with Gasteiger partial charge in [0.1, 0.15) is 6.33 Å². The van der Waals surface area contributed by atoms with Crippen LogP contribution in [0.15, 0.2) is 35.4 Å². The lowest BCUT2D eigenvalue weighted by Crippen LogP contribution is -2.21. The Balaban J connectivity index is 2.49. The third kappa shape index (κ3) is 1.22. The molecule has 0 N–H and O–H groups in total. The average molecular weight is 265 g/mol. The van der Waals surface area contributed by atoms with E-state index in [4.69, 9.17) is 0 Å². The molecule has 0 unspecified atom stereocenters. The lowest BCUT2D eigenvalue weighted by Gasteiger charge is -2.10. The van der Waals surface area contributed by atoms with E-state index in [9.17, 15) is 4.79 Å². The number of fused-ring (bicyclic) bond motifs is 5. The number of hydrogen-bond donors (Lipinski definition) is 0. The molecule has 0 saturated carbocycles. The van der Waals surface area contributed by atoms with E-state index in [2.05, 4.69) is 15.2 Å². The number of benzene rings is 1. The zero-order valence-corrected chi connectivity index (χ0v) is 11.0. The van der Waals surface area contributed by atoms with E-state index >= 15 is 0 Å². The first-order valence-corrected chi connectivity index (χ1v) is 6.26. The molecule has 20 heavy (non-hydrogen) atoms. The molecule has 3 aromatic heterocycles. The van der Waals surface area contributed by atoms with E-state index in [0.717, 1.165) is 22.1 Å². The molecule has 98 valence electrons. The third-order valence-corrected chi connectivity index (χ3v) is 3.63. The minimum absolute atomic E-state index is 0.0813. The molecule has 0 aliphatic rings. The number of hydrogen-bond acceptors (Lipinski definition) is 4. The van der Waals surface area contributed by atoms with Gasteiger partial charge in [-0.05, 0) is 13.0 Å². The highest BCUT2D eigenvalue weighted by Crippen LogP contribution is 2.23. The van der Waals surface area contributed by atoms with Crippen LogP contribution in [0.4, 0.5) is 0 Å². The lowest BCUT2D eigenvalue weighted by atomic mass is 10.1. The molecule has 0 spiro atoms. The van der Waals surface area contributed by atoms with Gasteiger partial charge in [-0.25, -0.2) is 0 Å². The summed E-state index contributed by atoms with van der Waals surface area (Å²) in [7, 11) is 1.70. The average Bonchev–Trinajstić information content (AvgIpc) is 2.93. The number of aromatic nitrogens is 5. The van der Waals surface area contributed by atoms with Crippen LogP contribution >= 0.6 is 0 Å². The van der Waals surface area contributed by atoms with Crippen molar-refractivity contribution in [1.29, 1.82) is 0 Å². The quantitative estimate of drug-likeness (QED) is 0.451. The van der Waals surface area contributed by atoms with Gasteiger partial charge >= 0.3 is 0 Å². The fraction of sp³-hybridized carbons (Fsp3) is 0.143. The van der Waals surface area contributed by atoms with E-state index < -0.39 is 0 Å². The summed E-state index contributed by atoms with van der Waals surface area (Å²) in [5.74, 6) is 0.516. The Bertz CT molecular complexity index is 1040. The van der Waals surface area contributed by atoms with Gasteiger partial charge in [-0.3, -0.25) is 18.7 Å². The van der Waals surface area contributed by atoms with Gasteiger partial charge in [0.25, 0.3) is 5.56 Å². The smallest absolute Gasteiger partial charge is 0.263 e. The molecule has 3 heterocycles. The van der Waals surface area contributed by atoms with Gasteiger partial charge < -0.3 is 0 Å². The highest BCUT2D eigenvalue weighted by atomic mass is 16.1. The largest absolute Gasteiger partial charge is 0.279 e. The molecule has 4 rings (SSSR count). The predicted molar refractivity (Wildman–Crippen MR) is 75.8 cm³/mol. The molecule has 0 atom stereocenters. The zero-order valence-electron chi connectivity index (χ0n) is 11.0. The molecule has 0 bridgehead atoms.